The summed E-state index contributed by atoms with van der Waals surface area (Å²) in [6, 6.07) is 15.9. The number of benzene rings is 2. The van der Waals surface area contributed by atoms with Crippen molar-refractivity contribution in [2.24, 2.45) is 0 Å². The molecule has 30 heavy (non-hydrogen) atoms. The zero-order valence-electron chi connectivity index (χ0n) is 18.6. The lowest BCUT2D eigenvalue weighted by molar-refractivity contribution is 0.352. The van der Waals surface area contributed by atoms with Crippen LogP contribution >= 0.6 is 0 Å². The van der Waals surface area contributed by atoms with Crippen LogP contribution in [0.1, 0.15) is 42.4 Å². The summed E-state index contributed by atoms with van der Waals surface area (Å²) >= 11 is 0. The average molecular weight is 404 g/mol. The molecule has 1 aromatic heterocycles. The first-order valence-corrected chi connectivity index (χ1v) is 11.0. The van der Waals surface area contributed by atoms with Gasteiger partial charge in [0.05, 0.1) is 5.52 Å². The van der Waals surface area contributed by atoms with Crippen LogP contribution < -0.4 is 15.5 Å². The van der Waals surface area contributed by atoms with Gasteiger partial charge >= 0.3 is 0 Å². The summed E-state index contributed by atoms with van der Waals surface area (Å²) in [5.41, 5.74) is 5.10. The lowest BCUT2D eigenvalue weighted by atomic mass is 9.91. The summed E-state index contributed by atoms with van der Waals surface area (Å²) in [5.74, 6) is 1.70. The molecule has 1 aliphatic carbocycles. The van der Waals surface area contributed by atoms with Gasteiger partial charge in [-0.25, -0.2) is 4.98 Å². The van der Waals surface area contributed by atoms with Crippen molar-refractivity contribution in [1.82, 2.24) is 15.3 Å². The van der Waals surface area contributed by atoms with E-state index in [1.165, 1.54) is 29.5 Å². The van der Waals surface area contributed by atoms with Gasteiger partial charge in [-0.2, -0.15) is 4.98 Å². The highest BCUT2D eigenvalue weighted by Gasteiger charge is 2.22. The predicted octanol–water partition coefficient (Wildman–Crippen LogP) is 4.83. The Labute approximate surface area is 179 Å². The third-order valence-corrected chi connectivity index (χ3v) is 6.15. The van der Waals surface area contributed by atoms with Gasteiger partial charge in [-0.1, -0.05) is 35.9 Å². The highest BCUT2D eigenvalue weighted by Crippen LogP contribution is 2.26. The van der Waals surface area contributed by atoms with Gasteiger partial charge in [0.15, 0.2) is 0 Å². The molecule has 2 N–H and O–H groups in total. The summed E-state index contributed by atoms with van der Waals surface area (Å²) in [6.07, 6.45) is 4.63. The molecule has 3 aromatic rings. The second kappa shape index (κ2) is 9.00. The Morgan fingerprint density at radius 2 is 1.67 bits per heavy atom. The molecule has 5 nitrogen and oxygen atoms in total. The number of aryl methyl sites for hydroxylation is 2. The first kappa shape index (κ1) is 20.6. The maximum absolute atomic E-state index is 4.80. The third kappa shape index (κ3) is 4.73. The zero-order valence-corrected chi connectivity index (χ0v) is 18.6. The van der Waals surface area contributed by atoms with Crippen molar-refractivity contribution in [3.63, 3.8) is 0 Å². The van der Waals surface area contributed by atoms with Crippen LogP contribution in [0.5, 0.6) is 0 Å². The van der Waals surface area contributed by atoms with Crippen molar-refractivity contribution < 1.29 is 0 Å². The molecule has 0 amide bonds. The maximum atomic E-state index is 4.80. The van der Waals surface area contributed by atoms with Gasteiger partial charge in [-0.3, -0.25) is 0 Å². The molecule has 5 heteroatoms. The van der Waals surface area contributed by atoms with Gasteiger partial charge < -0.3 is 15.5 Å². The number of nitrogens with zero attached hydrogens (tertiary/aromatic N) is 3. The van der Waals surface area contributed by atoms with Gasteiger partial charge in [0.25, 0.3) is 0 Å². The van der Waals surface area contributed by atoms with Gasteiger partial charge in [-0.05, 0) is 62.8 Å². The summed E-state index contributed by atoms with van der Waals surface area (Å²) in [6.45, 7) is 5.31. The quantitative estimate of drug-likeness (QED) is 0.618. The Bertz CT molecular complexity index is 1010. The van der Waals surface area contributed by atoms with E-state index in [0.717, 1.165) is 42.1 Å². The molecule has 0 spiro atoms. The van der Waals surface area contributed by atoms with Crippen LogP contribution in [0.15, 0.2) is 42.5 Å². The van der Waals surface area contributed by atoms with Gasteiger partial charge in [0.1, 0.15) is 5.82 Å². The minimum Gasteiger partial charge on any atom is -0.362 e. The molecule has 0 saturated heterocycles. The number of anilines is 2. The first-order chi connectivity index (χ1) is 14.5. The number of aromatic nitrogens is 2. The molecule has 0 unspecified atom stereocenters. The number of hydrogen-bond acceptors (Lipinski definition) is 5. The normalized spacial score (nSPS) is 19.1. The number of nitrogens with one attached hydrogen (secondary N) is 2. The van der Waals surface area contributed by atoms with Crippen LogP contribution in [-0.2, 0) is 6.54 Å². The van der Waals surface area contributed by atoms with Crippen LogP contribution in [0.25, 0.3) is 10.9 Å². The fourth-order valence-corrected chi connectivity index (χ4v) is 4.33. The van der Waals surface area contributed by atoms with E-state index in [1.54, 1.807) is 0 Å². The van der Waals surface area contributed by atoms with Crippen molar-refractivity contribution in [1.29, 1.82) is 0 Å². The van der Waals surface area contributed by atoms with Crippen molar-refractivity contribution >= 4 is 22.7 Å². The lowest BCUT2D eigenvalue weighted by Crippen LogP contribution is -2.37. The maximum Gasteiger partial charge on any atom is 0.225 e. The topological polar surface area (TPSA) is 53.1 Å². The van der Waals surface area contributed by atoms with E-state index in [0.29, 0.717) is 12.1 Å². The minimum absolute atomic E-state index is 0.430. The summed E-state index contributed by atoms with van der Waals surface area (Å²) < 4.78 is 0. The van der Waals surface area contributed by atoms with E-state index >= 15 is 0 Å². The van der Waals surface area contributed by atoms with E-state index in [1.807, 2.05) is 26.2 Å². The number of fused-ring (bicyclic) bond motifs is 1. The van der Waals surface area contributed by atoms with Crippen LogP contribution in [0.2, 0.25) is 0 Å². The Balaban J connectivity index is 1.35. The molecule has 158 valence electrons. The number of para-hydroxylation sites is 1. The monoisotopic (exact) mass is 403 g/mol. The van der Waals surface area contributed by atoms with Gasteiger partial charge in [0.2, 0.25) is 5.95 Å². The third-order valence-electron chi connectivity index (χ3n) is 6.15. The first-order valence-electron chi connectivity index (χ1n) is 11.0. The van der Waals surface area contributed by atoms with Crippen molar-refractivity contribution in [3.05, 3.63) is 59.2 Å². The molecular weight excluding hydrogens is 370 g/mol. The molecule has 4 rings (SSSR count). The SMILES string of the molecule is Cc1ccc(C)c(CNC2CCC(Nc3nc(N(C)C)c4ccccc4n3)CC2)c1. The summed E-state index contributed by atoms with van der Waals surface area (Å²) in [5, 5.41) is 8.47. The van der Waals surface area contributed by atoms with E-state index in [9.17, 15) is 0 Å². The second-order valence-electron chi connectivity index (χ2n) is 8.79. The van der Waals surface area contributed by atoms with E-state index in [-0.39, 0.29) is 0 Å². The van der Waals surface area contributed by atoms with Crippen molar-refractivity contribution in [3.8, 4) is 0 Å². The molecule has 0 radical (unpaired) electrons. The van der Waals surface area contributed by atoms with E-state index in [2.05, 4.69) is 59.7 Å². The largest absolute Gasteiger partial charge is 0.362 e. The molecule has 0 bridgehead atoms. The fraction of sp³-hybridized carbons (Fsp3) is 0.440. The standard InChI is InChI=1S/C25H33N5/c1-17-9-10-18(2)19(15-17)16-26-20-11-13-21(14-12-20)27-25-28-23-8-6-5-7-22(23)24(29-25)30(3)4/h5-10,15,20-21,26H,11-14,16H2,1-4H3,(H,27,28,29). The summed E-state index contributed by atoms with van der Waals surface area (Å²) in [7, 11) is 4.07. The molecule has 0 atom stereocenters. The molecule has 2 aromatic carbocycles. The molecule has 1 aliphatic rings. The average Bonchev–Trinajstić information content (AvgIpc) is 2.74. The smallest absolute Gasteiger partial charge is 0.225 e. The molecule has 1 heterocycles. The second-order valence-corrected chi connectivity index (χ2v) is 8.79. The predicted molar refractivity (Wildman–Crippen MR) is 126 cm³/mol. The van der Waals surface area contributed by atoms with Gasteiger partial charge in [0, 0.05) is 38.1 Å². The highest BCUT2D eigenvalue weighted by atomic mass is 15.2. The summed E-state index contributed by atoms with van der Waals surface area (Å²) in [4.78, 5) is 11.6. The zero-order chi connectivity index (χ0) is 21.1. The molecular formula is C25H33N5. The Morgan fingerprint density at radius 1 is 0.933 bits per heavy atom. The lowest BCUT2D eigenvalue weighted by Gasteiger charge is -2.30. The van der Waals surface area contributed by atoms with Crippen LogP contribution in [0.4, 0.5) is 11.8 Å². The fourth-order valence-electron chi connectivity index (χ4n) is 4.33. The van der Waals surface area contributed by atoms with Crippen molar-refractivity contribution in [2.75, 3.05) is 24.3 Å². The van der Waals surface area contributed by atoms with Crippen LogP contribution in [0.3, 0.4) is 0 Å². The Kier molecular flexibility index (Phi) is 6.18. The molecule has 1 fully saturated rings. The van der Waals surface area contributed by atoms with E-state index in [4.69, 9.17) is 9.97 Å². The molecule has 0 aliphatic heterocycles. The Morgan fingerprint density at radius 3 is 2.43 bits per heavy atom. The Hall–Kier alpha value is -2.66. The van der Waals surface area contributed by atoms with Gasteiger partial charge in [-0.15, -0.1) is 0 Å². The van der Waals surface area contributed by atoms with E-state index < -0.39 is 0 Å². The van der Waals surface area contributed by atoms with Crippen LogP contribution in [-0.4, -0.2) is 36.1 Å². The molecule has 1 saturated carbocycles. The highest BCUT2D eigenvalue weighted by molar-refractivity contribution is 5.90. The van der Waals surface area contributed by atoms with Crippen molar-refractivity contribution in [2.45, 2.75) is 58.2 Å². The number of rotatable bonds is 6. The minimum atomic E-state index is 0.430. The number of hydrogen-bond donors (Lipinski definition) is 2. The van der Waals surface area contributed by atoms with Crippen LogP contribution in [0, 0.1) is 13.8 Å².